The van der Waals surface area contributed by atoms with Crippen molar-refractivity contribution >= 4 is 33.3 Å². The summed E-state index contributed by atoms with van der Waals surface area (Å²) < 4.78 is 31.0. The molecular weight excluding hydrogens is 404 g/mol. The Morgan fingerprint density at radius 3 is 2.27 bits per heavy atom. The first-order valence-corrected chi connectivity index (χ1v) is 11.6. The van der Waals surface area contributed by atoms with Gasteiger partial charge in [-0.3, -0.25) is 9.10 Å². The number of nitrogens with one attached hydrogen (secondary N) is 1. The van der Waals surface area contributed by atoms with E-state index in [1.54, 1.807) is 38.1 Å². The number of rotatable bonds is 8. The van der Waals surface area contributed by atoms with Crippen LogP contribution >= 0.6 is 0 Å². The van der Waals surface area contributed by atoms with Crippen LogP contribution < -0.4 is 9.62 Å². The molecule has 2 aromatic rings. The van der Waals surface area contributed by atoms with Gasteiger partial charge < -0.3 is 10.1 Å². The van der Waals surface area contributed by atoms with E-state index in [2.05, 4.69) is 5.32 Å². The van der Waals surface area contributed by atoms with E-state index in [1.807, 2.05) is 19.1 Å². The average molecular weight is 433 g/mol. The number of ether oxygens (including phenoxy) is 1. The van der Waals surface area contributed by atoms with Gasteiger partial charge in [0.15, 0.2) is 0 Å². The first kappa shape index (κ1) is 23.4. The summed E-state index contributed by atoms with van der Waals surface area (Å²) >= 11 is 0. The van der Waals surface area contributed by atoms with Crippen molar-refractivity contribution in [1.82, 2.24) is 0 Å². The molecule has 1 amide bonds. The molecule has 30 heavy (non-hydrogen) atoms. The lowest BCUT2D eigenvalue weighted by atomic mass is 10.1. The highest BCUT2D eigenvalue weighted by Gasteiger charge is 2.29. The Bertz CT molecular complexity index is 1020. The smallest absolute Gasteiger partial charge is 0.338 e. The number of hydrogen-bond acceptors (Lipinski definition) is 5. The fraction of sp³-hybridized carbons (Fsp3) is 0.364. The van der Waals surface area contributed by atoms with Gasteiger partial charge in [-0.2, -0.15) is 0 Å². The van der Waals surface area contributed by atoms with E-state index in [0.29, 0.717) is 16.9 Å². The van der Waals surface area contributed by atoms with Gasteiger partial charge in [0.1, 0.15) is 6.04 Å². The number of benzene rings is 2. The molecule has 1 N–H and O–H groups in total. The van der Waals surface area contributed by atoms with E-state index in [4.69, 9.17) is 4.74 Å². The summed E-state index contributed by atoms with van der Waals surface area (Å²) in [5.74, 6) is -1.00. The zero-order chi connectivity index (χ0) is 22.5. The molecule has 0 aromatic heterocycles. The first-order chi connectivity index (χ1) is 14.1. The van der Waals surface area contributed by atoms with Gasteiger partial charge in [0.25, 0.3) is 0 Å². The van der Waals surface area contributed by atoms with Crippen molar-refractivity contribution in [2.45, 2.75) is 40.2 Å². The highest BCUT2D eigenvalue weighted by molar-refractivity contribution is 7.92. The van der Waals surface area contributed by atoms with Gasteiger partial charge in [0.2, 0.25) is 15.9 Å². The number of nitrogens with zero attached hydrogens (tertiary/aromatic N) is 1. The molecule has 0 aliphatic heterocycles. The van der Waals surface area contributed by atoms with Crippen LogP contribution in [0.5, 0.6) is 0 Å². The third-order valence-corrected chi connectivity index (χ3v) is 5.94. The molecule has 0 spiro atoms. The zero-order valence-corrected chi connectivity index (χ0v) is 18.7. The lowest BCUT2D eigenvalue weighted by Gasteiger charge is -2.28. The van der Waals surface area contributed by atoms with Crippen LogP contribution in [-0.2, 0) is 26.0 Å². The quantitative estimate of drug-likeness (QED) is 0.644. The average Bonchev–Trinajstić information content (AvgIpc) is 2.69. The maximum Gasteiger partial charge on any atom is 0.338 e. The van der Waals surface area contributed by atoms with Crippen molar-refractivity contribution in [3.63, 3.8) is 0 Å². The summed E-state index contributed by atoms with van der Waals surface area (Å²) in [6, 6.07) is 10.9. The highest BCUT2D eigenvalue weighted by Crippen LogP contribution is 2.24. The van der Waals surface area contributed by atoms with Crippen LogP contribution in [-0.4, -0.2) is 39.2 Å². The third kappa shape index (κ3) is 5.60. The van der Waals surface area contributed by atoms with Gasteiger partial charge in [-0.25, -0.2) is 13.2 Å². The summed E-state index contributed by atoms with van der Waals surface area (Å²) in [4.78, 5) is 24.9. The SMILES string of the molecule is CCOC(=O)c1ccc(C)c(NC(=O)[C@@H](C)N(c2ccc(CC)cc2)S(C)(=O)=O)c1. The number of carbonyl (C=O) groups is 2. The maximum atomic E-state index is 12.9. The number of carbonyl (C=O) groups excluding carboxylic acids is 2. The van der Waals surface area contributed by atoms with Crippen LogP contribution in [0.2, 0.25) is 0 Å². The fourth-order valence-electron chi connectivity index (χ4n) is 3.02. The van der Waals surface area contributed by atoms with Gasteiger partial charge in [0.05, 0.1) is 24.1 Å². The Morgan fingerprint density at radius 2 is 1.73 bits per heavy atom. The van der Waals surface area contributed by atoms with E-state index in [-0.39, 0.29) is 6.61 Å². The lowest BCUT2D eigenvalue weighted by Crippen LogP contribution is -2.45. The molecule has 2 rings (SSSR count). The van der Waals surface area contributed by atoms with E-state index in [1.165, 1.54) is 13.0 Å². The van der Waals surface area contributed by atoms with Gasteiger partial charge in [0, 0.05) is 5.69 Å². The summed E-state index contributed by atoms with van der Waals surface area (Å²) in [6.45, 7) is 7.27. The molecule has 162 valence electrons. The topological polar surface area (TPSA) is 92.8 Å². The second-order valence-electron chi connectivity index (χ2n) is 6.99. The Balaban J connectivity index is 2.31. The van der Waals surface area contributed by atoms with Crippen molar-refractivity contribution in [2.75, 3.05) is 22.5 Å². The minimum Gasteiger partial charge on any atom is -0.462 e. The van der Waals surface area contributed by atoms with Crippen molar-refractivity contribution < 1.29 is 22.7 Å². The van der Waals surface area contributed by atoms with Crippen molar-refractivity contribution in [3.8, 4) is 0 Å². The standard InChI is InChI=1S/C22H28N2O5S/c1-6-17-9-12-19(13-10-17)24(30(5,27)28)16(4)21(25)23-20-14-18(11-8-15(20)3)22(26)29-7-2/h8-14,16H,6-7H2,1-5H3,(H,23,25)/t16-/m1/s1. The van der Waals surface area contributed by atoms with Crippen LogP contribution in [0, 0.1) is 6.92 Å². The largest absolute Gasteiger partial charge is 0.462 e. The molecule has 0 bridgehead atoms. The number of amides is 1. The third-order valence-electron chi connectivity index (χ3n) is 4.69. The summed E-state index contributed by atoms with van der Waals surface area (Å²) in [7, 11) is -3.71. The van der Waals surface area contributed by atoms with Crippen LogP contribution in [0.15, 0.2) is 42.5 Å². The second-order valence-corrected chi connectivity index (χ2v) is 8.85. The number of sulfonamides is 1. The molecule has 0 fully saturated rings. The Hall–Kier alpha value is -2.87. The van der Waals surface area contributed by atoms with E-state index in [9.17, 15) is 18.0 Å². The van der Waals surface area contributed by atoms with Gasteiger partial charge in [-0.1, -0.05) is 25.1 Å². The molecule has 2 aromatic carbocycles. The number of hydrogen-bond donors (Lipinski definition) is 1. The molecule has 0 heterocycles. The first-order valence-electron chi connectivity index (χ1n) is 9.75. The summed E-state index contributed by atoms with van der Waals surface area (Å²) in [5.41, 5.74) is 2.94. The van der Waals surface area contributed by atoms with Crippen LogP contribution in [0.4, 0.5) is 11.4 Å². The molecule has 7 nitrogen and oxygen atoms in total. The molecule has 1 atom stereocenters. The van der Waals surface area contributed by atoms with Crippen LogP contribution in [0.25, 0.3) is 0 Å². The minimum atomic E-state index is -3.71. The minimum absolute atomic E-state index is 0.242. The predicted molar refractivity (Wildman–Crippen MR) is 118 cm³/mol. The summed E-state index contributed by atoms with van der Waals surface area (Å²) in [5, 5.41) is 2.74. The highest BCUT2D eigenvalue weighted by atomic mass is 32.2. The Morgan fingerprint density at radius 1 is 1.10 bits per heavy atom. The number of esters is 1. The van der Waals surface area contributed by atoms with E-state index in [0.717, 1.165) is 28.1 Å². The monoisotopic (exact) mass is 432 g/mol. The molecule has 8 heteroatoms. The van der Waals surface area contributed by atoms with E-state index >= 15 is 0 Å². The van der Waals surface area contributed by atoms with Crippen molar-refractivity contribution in [3.05, 3.63) is 59.2 Å². The van der Waals surface area contributed by atoms with E-state index < -0.39 is 27.9 Å². The Labute approximate surface area is 178 Å². The molecular formula is C22H28N2O5S. The van der Waals surface area contributed by atoms with Crippen LogP contribution in [0.1, 0.15) is 42.3 Å². The number of aryl methyl sites for hydroxylation is 2. The van der Waals surface area contributed by atoms with Gasteiger partial charge in [-0.15, -0.1) is 0 Å². The fourth-order valence-corrected chi connectivity index (χ4v) is 4.20. The number of anilines is 2. The molecule has 0 radical (unpaired) electrons. The zero-order valence-electron chi connectivity index (χ0n) is 17.9. The maximum absolute atomic E-state index is 12.9. The normalized spacial score (nSPS) is 12.2. The van der Waals surface area contributed by atoms with Gasteiger partial charge in [-0.05, 0) is 62.6 Å². The lowest BCUT2D eigenvalue weighted by molar-refractivity contribution is -0.116. The molecule has 0 aliphatic rings. The van der Waals surface area contributed by atoms with Gasteiger partial charge >= 0.3 is 5.97 Å². The van der Waals surface area contributed by atoms with Crippen molar-refractivity contribution in [1.29, 1.82) is 0 Å². The molecule has 0 aliphatic carbocycles. The second kappa shape index (κ2) is 9.75. The predicted octanol–water partition coefficient (Wildman–Crippen LogP) is 3.53. The van der Waals surface area contributed by atoms with Crippen molar-refractivity contribution in [2.24, 2.45) is 0 Å². The molecule has 0 saturated heterocycles. The molecule has 0 unspecified atom stereocenters. The van der Waals surface area contributed by atoms with Crippen LogP contribution in [0.3, 0.4) is 0 Å². The Kier molecular flexibility index (Phi) is 7.61. The summed E-state index contributed by atoms with van der Waals surface area (Å²) in [6.07, 6.45) is 1.89. The molecule has 0 saturated carbocycles.